The zero-order valence-electron chi connectivity index (χ0n) is 14.1. The Balaban J connectivity index is 1.86. The highest BCUT2D eigenvalue weighted by molar-refractivity contribution is 7.89. The molecule has 0 spiro atoms. The number of nitrogens with one attached hydrogen (secondary N) is 3. The summed E-state index contributed by atoms with van der Waals surface area (Å²) in [6.07, 6.45) is 2.86. The van der Waals surface area contributed by atoms with Crippen molar-refractivity contribution in [1.82, 2.24) is 20.3 Å². The van der Waals surface area contributed by atoms with Crippen LogP contribution in [0.4, 0.5) is 0 Å². The first-order valence-electron chi connectivity index (χ1n) is 8.25. The molecule has 2 heterocycles. The maximum Gasteiger partial charge on any atom is 0.266 e. The summed E-state index contributed by atoms with van der Waals surface area (Å²) in [5, 5.41) is 8.29. The van der Waals surface area contributed by atoms with Crippen molar-refractivity contribution < 1.29 is 18.0 Å². The van der Waals surface area contributed by atoms with E-state index in [1.807, 2.05) is 0 Å². The van der Waals surface area contributed by atoms with E-state index in [1.54, 1.807) is 0 Å². The number of rotatable bonds is 5. The monoisotopic (exact) mass is 432 g/mol. The Labute approximate surface area is 166 Å². The van der Waals surface area contributed by atoms with Crippen LogP contribution in [0.25, 0.3) is 0 Å². The number of halogens is 2. The Bertz CT molecular complexity index is 884. The van der Waals surface area contributed by atoms with Crippen molar-refractivity contribution in [2.24, 2.45) is 0 Å². The van der Waals surface area contributed by atoms with Gasteiger partial charge in [-0.1, -0.05) is 29.3 Å². The molecule has 0 aromatic heterocycles. The number of hydrogen-bond donors (Lipinski definition) is 3. The fourth-order valence-electron chi connectivity index (χ4n) is 2.98. The van der Waals surface area contributed by atoms with E-state index in [-0.39, 0.29) is 27.4 Å². The molecular formula is C16H18Cl2N4O4S. The van der Waals surface area contributed by atoms with Crippen molar-refractivity contribution in [3.63, 3.8) is 0 Å². The number of amides is 2. The van der Waals surface area contributed by atoms with Gasteiger partial charge in [0.1, 0.15) is 10.9 Å². The van der Waals surface area contributed by atoms with E-state index >= 15 is 0 Å². The SMILES string of the molecule is O=C(C[C@@H]1C(=O)NC=CN1S(=O)(=O)c1cccc(Cl)c1Cl)NC1CCNC1. The molecule has 0 aliphatic carbocycles. The molecule has 1 aromatic carbocycles. The molecular weight excluding hydrogens is 415 g/mol. The number of carbonyl (C=O) groups excluding carboxylic acids is 2. The molecule has 2 aliphatic rings. The van der Waals surface area contributed by atoms with Crippen molar-refractivity contribution in [3.8, 4) is 0 Å². The molecule has 3 rings (SSSR count). The van der Waals surface area contributed by atoms with Gasteiger partial charge in [0.15, 0.2) is 0 Å². The summed E-state index contributed by atoms with van der Waals surface area (Å²) < 4.78 is 26.9. The summed E-state index contributed by atoms with van der Waals surface area (Å²) in [5.74, 6) is -1.00. The van der Waals surface area contributed by atoms with E-state index < -0.39 is 27.9 Å². The molecule has 8 nitrogen and oxygen atoms in total. The molecule has 11 heteroatoms. The van der Waals surface area contributed by atoms with Gasteiger partial charge in [0, 0.05) is 25.0 Å². The fraction of sp³-hybridized carbons (Fsp3) is 0.375. The van der Waals surface area contributed by atoms with Crippen molar-refractivity contribution in [1.29, 1.82) is 0 Å². The van der Waals surface area contributed by atoms with Gasteiger partial charge >= 0.3 is 0 Å². The first-order chi connectivity index (χ1) is 12.8. The summed E-state index contributed by atoms with van der Waals surface area (Å²) >= 11 is 12.0. The Morgan fingerprint density at radius 1 is 1.33 bits per heavy atom. The highest BCUT2D eigenvalue weighted by Gasteiger charge is 2.38. The van der Waals surface area contributed by atoms with Crippen LogP contribution in [0.15, 0.2) is 35.5 Å². The molecule has 1 unspecified atom stereocenters. The van der Waals surface area contributed by atoms with E-state index in [1.165, 1.54) is 30.6 Å². The zero-order valence-corrected chi connectivity index (χ0v) is 16.4. The third-order valence-corrected chi connectivity index (χ3v) is 7.09. The van der Waals surface area contributed by atoms with Gasteiger partial charge in [-0.15, -0.1) is 0 Å². The van der Waals surface area contributed by atoms with Gasteiger partial charge in [-0.2, -0.15) is 0 Å². The van der Waals surface area contributed by atoms with Crippen molar-refractivity contribution in [2.75, 3.05) is 13.1 Å². The van der Waals surface area contributed by atoms with Crippen LogP contribution in [0.1, 0.15) is 12.8 Å². The minimum atomic E-state index is -4.19. The summed E-state index contributed by atoms with van der Waals surface area (Å²) in [4.78, 5) is 24.4. The van der Waals surface area contributed by atoms with Gasteiger partial charge in [-0.25, -0.2) is 8.42 Å². The van der Waals surface area contributed by atoms with E-state index in [0.29, 0.717) is 6.54 Å². The fourth-order valence-corrected chi connectivity index (χ4v) is 5.17. The molecule has 27 heavy (non-hydrogen) atoms. The lowest BCUT2D eigenvalue weighted by atomic mass is 10.1. The van der Waals surface area contributed by atoms with Crippen LogP contribution in [-0.4, -0.2) is 49.7 Å². The Morgan fingerprint density at radius 2 is 2.11 bits per heavy atom. The van der Waals surface area contributed by atoms with Crippen LogP contribution in [0.5, 0.6) is 0 Å². The Morgan fingerprint density at radius 3 is 2.81 bits per heavy atom. The molecule has 2 amide bonds. The highest BCUT2D eigenvalue weighted by Crippen LogP contribution is 2.32. The molecule has 146 valence electrons. The number of nitrogens with zero attached hydrogens (tertiary/aromatic N) is 1. The van der Waals surface area contributed by atoms with Gasteiger partial charge in [-0.05, 0) is 25.1 Å². The zero-order chi connectivity index (χ0) is 19.6. The van der Waals surface area contributed by atoms with Gasteiger partial charge in [0.05, 0.1) is 16.5 Å². The minimum absolute atomic E-state index is 0.0351. The Hall–Kier alpha value is -1.81. The standard InChI is InChI=1S/C16H18Cl2N4O4S/c17-11-2-1-3-13(15(11)18)27(25,26)22-7-6-20-16(24)12(22)8-14(23)21-10-4-5-19-9-10/h1-3,6-7,10,12,19H,4-5,8-9H2,(H,20,24)(H,21,23)/t10?,12-/m1/s1. The van der Waals surface area contributed by atoms with Gasteiger partial charge < -0.3 is 16.0 Å². The minimum Gasteiger partial charge on any atom is -0.352 e. The molecule has 0 bridgehead atoms. The van der Waals surface area contributed by atoms with Crippen LogP contribution >= 0.6 is 23.2 Å². The average molecular weight is 433 g/mol. The van der Waals surface area contributed by atoms with Crippen LogP contribution in [0, 0.1) is 0 Å². The first-order valence-corrected chi connectivity index (χ1v) is 10.4. The molecule has 1 aromatic rings. The lowest BCUT2D eigenvalue weighted by molar-refractivity contribution is -0.129. The van der Waals surface area contributed by atoms with E-state index in [2.05, 4.69) is 16.0 Å². The van der Waals surface area contributed by atoms with Crippen LogP contribution in [0.2, 0.25) is 10.0 Å². The third-order valence-electron chi connectivity index (χ3n) is 4.33. The van der Waals surface area contributed by atoms with Crippen LogP contribution < -0.4 is 16.0 Å². The predicted molar refractivity (Wildman–Crippen MR) is 101 cm³/mol. The van der Waals surface area contributed by atoms with Crippen molar-refractivity contribution in [2.45, 2.75) is 29.8 Å². The number of benzene rings is 1. The topological polar surface area (TPSA) is 108 Å². The molecule has 0 radical (unpaired) electrons. The highest BCUT2D eigenvalue weighted by atomic mass is 35.5. The molecule has 0 saturated carbocycles. The second-order valence-electron chi connectivity index (χ2n) is 6.19. The van der Waals surface area contributed by atoms with E-state index in [0.717, 1.165) is 17.3 Å². The summed E-state index contributed by atoms with van der Waals surface area (Å²) in [6.45, 7) is 1.44. The Kier molecular flexibility index (Phi) is 5.95. The predicted octanol–water partition coefficient (Wildman–Crippen LogP) is 0.822. The molecule has 1 fully saturated rings. The number of sulfonamides is 1. The average Bonchev–Trinajstić information content (AvgIpc) is 3.11. The largest absolute Gasteiger partial charge is 0.352 e. The van der Waals surface area contributed by atoms with Crippen LogP contribution in [0.3, 0.4) is 0 Å². The molecule has 1 saturated heterocycles. The molecule has 2 atom stereocenters. The second kappa shape index (κ2) is 8.05. The number of hydrogen-bond acceptors (Lipinski definition) is 5. The summed E-state index contributed by atoms with van der Waals surface area (Å²) in [6, 6.07) is 2.94. The maximum atomic E-state index is 13.1. The normalized spacial score (nSPS) is 22.6. The lowest BCUT2D eigenvalue weighted by Crippen LogP contribution is -2.51. The van der Waals surface area contributed by atoms with E-state index in [9.17, 15) is 18.0 Å². The smallest absolute Gasteiger partial charge is 0.266 e. The lowest BCUT2D eigenvalue weighted by Gasteiger charge is -2.31. The summed E-state index contributed by atoms with van der Waals surface area (Å²) in [7, 11) is -4.19. The second-order valence-corrected chi connectivity index (χ2v) is 8.79. The summed E-state index contributed by atoms with van der Waals surface area (Å²) in [5.41, 5.74) is 0. The molecule has 2 aliphatic heterocycles. The van der Waals surface area contributed by atoms with Gasteiger partial charge in [-0.3, -0.25) is 13.9 Å². The van der Waals surface area contributed by atoms with Crippen molar-refractivity contribution >= 4 is 45.0 Å². The van der Waals surface area contributed by atoms with Gasteiger partial charge in [0.2, 0.25) is 11.8 Å². The number of carbonyl (C=O) groups is 2. The van der Waals surface area contributed by atoms with Gasteiger partial charge in [0.25, 0.3) is 10.0 Å². The quantitative estimate of drug-likeness (QED) is 0.638. The van der Waals surface area contributed by atoms with Crippen LogP contribution in [-0.2, 0) is 19.6 Å². The van der Waals surface area contributed by atoms with Crippen molar-refractivity contribution in [3.05, 3.63) is 40.6 Å². The maximum absolute atomic E-state index is 13.1. The third kappa shape index (κ3) is 4.21. The first kappa shape index (κ1) is 19.9. The van der Waals surface area contributed by atoms with E-state index in [4.69, 9.17) is 23.2 Å². The molecule has 3 N–H and O–H groups in total.